The van der Waals surface area contributed by atoms with E-state index in [0.717, 1.165) is 18.4 Å². The lowest BCUT2D eigenvalue weighted by Crippen LogP contribution is -2.37. The van der Waals surface area contributed by atoms with Crippen LogP contribution >= 0.6 is 0 Å². The van der Waals surface area contributed by atoms with Crippen molar-refractivity contribution in [3.8, 4) is 5.75 Å². The topological polar surface area (TPSA) is 58.6 Å². The first-order valence-corrected chi connectivity index (χ1v) is 7.31. The number of para-hydroxylation sites is 1. The highest BCUT2D eigenvalue weighted by Gasteiger charge is 2.13. The van der Waals surface area contributed by atoms with Gasteiger partial charge in [-0.3, -0.25) is 4.79 Å². The monoisotopic (exact) mass is 279 g/mol. The molecule has 1 amide bonds. The number of hydrogen-bond acceptors (Lipinski definition) is 3. The molecule has 1 aromatic rings. The van der Waals surface area contributed by atoms with Gasteiger partial charge in [-0.05, 0) is 25.3 Å². The van der Waals surface area contributed by atoms with Gasteiger partial charge in [-0.1, -0.05) is 39.0 Å². The normalized spacial score (nSPS) is 12.2. The Morgan fingerprint density at radius 1 is 1.20 bits per heavy atom. The van der Waals surface area contributed by atoms with Crippen molar-refractivity contribution in [1.82, 2.24) is 5.32 Å². The van der Waals surface area contributed by atoms with E-state index in [4.69, 9.17) is 4.74 Å². The molecule has 0 aliphatic heterocycles. The number of aliphatic hydroxyl groups excluding tert-OH is 1. The van der Waals surface area contributed by atoms with Gasteiger partial charge in [0.1, 0.15) is 5.75 Å². The molecule has 20 heavy (non-hydrogen) atoms. The van der Waals surface area contributed by atoms with Crippen molar-refractivity contribution in [3.05, 3.63) is 29.8 Å². The largest absolute Gasteiger partial charge is 0.483 e. The molecule has 0 aromatic heterocycles. The van der Waals surface area contributed by atoms with Gasteiger partial charge in [-0.25, -0.2) is 0 Å². The molecule has 0 spiro atoms. The number of benzene rings is 1. The fourth-order valence-electron chi connectivity index (χ4n) is 2.01. The minimum Gasteiger partial charge on any atom is -0.483 e. The SMILES string of the molecule is CCC(CC)NC(=O)COc1ccccc1[C@@H](O)CC. The molecule has 0 aliphatic carbocycles. The summed E-state index contributed by atoms with van der Waals surface area (Å²) >= 11 is 0. The third kappa shape index (κ3) is 4.85. The average Bonchev–Trinajstić information content (AvgIpc) is 2.50. The molecule has 0 heterocycles. The van der Waals surface area contributed by atoms with E-state index in [1.54, 1.807) is 6.07 Å². The van der Waals surface area contributed by atoms with Crippen molar-refractivity contribution < 1.29 is 14.6 Å². The van der Waals surface area contributed by atoms with E-state index in [2.05, 4.69) is 5.32 Å². The van der Waals surface area contributed by atoms with Crippen LogP contribution in [-0.4, -0.2) is 23.7 Å². The summed E-state index contributed by atoms with van der Waals surface area (Å²) in [7, 11) is 0. The van der Waals surface area contributed by atoms with Crippen LogP contribution in [0.1, 0.15) is 51.7 Å². The molecule has 0 unspecified atom stereocenters. The molecule has 0 bridgehead atoms. The second kappa shape index (κ2) is 8.59. The standard InChI is InChI=1S/C16H25NO3/c1-4-12(5-2)17-16(19)11-20-15-10-8-7-9-13(15)14(18)6-3/h7-10,12,14,18H,4-6,11H2,1-3H3,(H,17,19)/t14-/m0/s1. The highest BCUT2D eigenvalue weighted by atomic mass is 16.5. The lowest BCUT2D eigenvalue weighted by Gasteiger charge is -2.17. The highest BCUT2D eigenvalue weighted by Crippen LogP contribution is 2.26. The Balaban J connectivity index is 2.59. The number of nitrogens with one attached hydrogen (secondary N) is 1. The molecule has 4 nitrogen and oxygen atoms in total. The molecule has 0 fully saturated rings. The van der Waals surface area contributed by atoms with Crippen molar-refractivity contribution in [2.75, 3.05) is 6.61 Å². The summed E-state index contributed by atoms with van der Waals surface area (Å²) in [6.45, 7) is 5.97. The maximum absolute atomic E-state index is 11.8. The molecule has 0 saturated heterocycles. The number of ether oxygens (including phenoxy) is 1. The summed E-state index contributed by atoms with van der Waals surface area (Å²) < 4.78 is 5.54. The summed E-state index contributed by atoms with van der Waals surface area (Å²) in [6, 6.07) is 7.48. The Kier molecular flexibility index (Phi) is 7.09. The number of carbonyl (C=O) groups excluding carboxylic acids is 1. The predicted molar refractivity (Wildman–Crippen MR) is 79.7 cm³/mol. The second-order valence-corrected chi connectivity index (χ2v) is 4.83. The molecule has 1 rings (SSSR count). The van der Waals surface area contributed by atoms with E-state index in [1.165, 1.54) is 0 Å². The second-order valence-electron chi connectivity index (χ2n) is 4.83. The van der Waals surface area contributed by atoms with Crippen LogP contribution in [0.5, 0.6) is 5.75 Å². The first-order valence-electron chi connectivity index (χ1n) is 7.31. The third-order valence-corrected chi connectivity index (χ3v) is 3.37. The predicted octanol–water partition coefficient (Wildman–Crippen LogP) is 2.81. The van der Waals surface area contributed by atoms with Gasteiger partial charge in [0, 0.05) is 11.6 Å². The summed E-state index contributed by atoms with van der Waals surface area (Å²) in [6.07, 6.45) is 1.87. The van der Waals surface area contributed by atoms with E-state index in [-0.39, 0.29) is 18.6 Å². The van der Waals surface area contributed by atoms with Crippen molar-refractivity contribution in [3.63, 3.8) is 0 Å². The Morgan fingerprint density at radius 2 is 1.85 bits per heavy atom. The highest BCUT2D eigenvalue weighted by molar-refractivity contribution is 5.77. The van der Waals surface area contributed by atoms with Crippen LogP contribution in [-0.2, 0) is 4.79 Å². The van der Waals surface area contributed by atoms with E-state index in [1.807, 2.05) is 39.0 Å². The summed E-state index contributed by atoms with van der Waals surface area (Å²) in [5.74, 6) is 0.445. The Morgan fingerprint density at radius 3 is 2.45 bits per heavy atom. The maximum Gasteiger partial charge on any atom is 0.258 e. The zero-order valence-electron chi connectivity index (χ0n) is 12.6. The molecular formula is C16H25NO3. The Hall–Kier alpha value is -1.55. The van der Waals surface area contributed by atoms with Crippen molar-refractivity contribution in [2.45, 2.75) is 52.2 Å². The lowest BCUT2D eigenvalue weighted by molar-refractivity contribution is -0.123. The van der Waals surface area contributed by atoms with E-state index >= 15 is 0 Å². The van der Waals surface area contributed by atoms with Gasteiger partial charge in [0.2, 0.25) is 0 Å². The van der Waals surface area contributed by atoms with E-state index in [0.29, 0.717) is 12.2 Å². The number of rotatable bonds is 8. The molecule has 0 saturated carbocycles. The van der Waals surface area contributed by atoms with Crippen LogP contribution in [0.4, 0.5) is 0 Å². The van der Waals surface area contributed by atoms with Crippen LogP contribution in [0.25, 0.3) is 0 Å². The molecule has 1 atom stereocenters. The number of amides is 1. The first kappa shape index (κ1) is 16.5. The molecule has 112 valence electrons. The van der Waals surface area contributed by atoms with Crippen LogP contribution in [0, 0.1) is 0 Å². The maximum atomic E-state index is 11.8. The lowest BCUT2D eigenvalue weighted by atomic mass is 10.1. The van der Waals surface area contributed by atoms with Gasteiger partial charge in [-0.2, -0.15) is 0 Å². The summed E-state index contributed by atoms with van der Waals surface area (Å²) in [5, 5.41) is 12.8. The first-order chi connectivity index (χ1) is 9.62. The van der Waals surface area contributed by atoms with Crippen molar-refractivity contribution >= 4 is 5.91 Å². The smallest absolute Gasteiger partial charge is 0.258 e. The van der Waals surface area contributed by atoms with Crippen LogP contribution in [0.2, 0.25) is 0 Å². The van der Waals surface area contributed by atoms with Crippen LogP contribution in [0.3, 0.4) is 0 Å². The van der Waals surface area contributed by atoms with E-state index < -0.39 is 6.10 Å². The van der Waals surface area contributed by atoms with Gasteiger partial charge in [0.05, 0.1) is 6.10 Å². The van der Waals surface area contributed by atoms with Crippen LogP contribution in [0.15, 0.2) is 24.3 Å². The fourth-order valence-corrected chi connectivity index (χ4v) is 2.01. The minimum atomic E-state index is -0.562. The van der Waals surface area contributed by atoms with Gasteiger partial charge < -0.3 is 15.2 Å². The molecule has 2 N–H and O–H groups in total. The Bertz CT molecular complexity index is 416. The molecule has 1 aromatic carbocycles. The zero-order chi connectivity index (χ0) is 15.0. The van der Waals surface area contributed by atoms with Crippen molar-refractivity contribution in [2.24, 2.45) is 0 Å². The van der Waals surface area contributed by atoms with Crippen molar-refractivity contribution in [1.29, 1.82) is 0 Å². The summed E-state index contributed by atoms with van der Waals surface area (Å²) in [4.78, 5) is 11.8. The average molecular weight is 279 g/mol. The number of carbonyl (C=O) groups is 1. The van der Waals surface area contributed by atoms with E-state index in [9.17, 15) is 9.90 Å². The number of aliphatic hydroxyl groups is 1. The zero-order valence-corrected chi connectivity index (χ0v) is 12.6. The van der Waals surface area contributed by atoms with Gasteiger partial charge in [0.25, 0.3) is 5.91 Å². The summed E-state index contributed by atoms with van der Waals surface area (Å²) in [5.41, 5.74) is 0.727. The van der Waals surface area contributed by atoms with Gasteiger partial charge in [0.15, 0.2) is 6.61 Å². The quantitative estimate of drug-likeness (QED) is 0.769. The molecule has 0 radical (unpaired) electrons. The van der Waals surface area contributed by atoms with Crippen LogP contribution < -0.4 is 10.1 Å². The molecule has 4 heteroatoms. The third-order valence-electron chi connectivity index (χ3n) is 3.37. The van der Waals surface area contributed by atoms with Gasteiger partial charge in [-0.15, -0.1) is 0 Å². The van der Waals surface area contributed by atoms with Gasteiger partial charge >= 0.3 is 0 Å². The Labute approximate surface area is 121 Å². The molecular weight excluding hydrogens is 254 g/mol. The molecule has 0 aliphatic rings. The fraction of sp³-hybridized carbons (Fsp3) is 0.562. The number of hydrogen-bond donors (Lipinski definition) is 2. The minimum absolute atomic E-state index is 0.0239.